The van der Waals surface area contributed by atoms with E-state index in [2.05, 4.69) is 65.2 Å². The van der Waals surface area contributed by atoms with Crippen LogP contribution in [0.2, 0.25) is 0 Å². The molecule has 0 saturated heterocycles. The first-order valence-corrected chi connectivity index (χ1v) is 9.36. The number of H-pyrrole nitrogens is 1. The molecule has 0 aliphatic heterocycles. The third kappa shape index (κ3) is 4.14. The van der Waals surface area contributed by atoms with Gasteiger partial charge in [-0.25, -0.2) is 9.97 Å². The van der Waals surface area contributed by atoms with E-state index in [1.165, 1.54) is 11.1 Å². The van der Waals surface area contributed by atoms with Gasteiger partial charge in [-0.2, -0.15) is 5.10 Å². The quantitative estimate of drug-likeness (QED) is 0.732. The molecule has 3 N–H and O–H groups in total. The topological polar surface area (TPSA) is 80.5 Å². The van der Waals surface area contributed by atoms with E-state index >= 15 is 0 Å². The Morgan fingerprint density at radius 2 is 1.84 bits per heavy atom. The summed E-state index contributed by atoms with van der Waals surface area (Å²) < 4.78 is 0. The number of aromatic nitrogens is 4. The zero-order chi connectivity index (χ0) is 18.0. The number of thiazole rings is 1. The fourth-order valence-corrected chi connectivity index (χ4v) is 3.70. The molecule has 3 rings (SSSR count). The predicted octanol–water partition coefficient (Wildman–Crippen LogP) is 3.63. The lowest BCUT2D eigenvalue weighted by molar-refractivity contribution is 0.590. The highest BCUT2D eigenvalue weighted by Gasteiger charge is 2.15. The van der Waals surface area contributed by atoms with Crippen LogP contribution >= 0.6 is 11.3 Å². The minimum Gasteiger partial charge on any atom is -0.330 e. The highest BCUT2D eigenvalue weighted by atomic mass is 32.1. The fourth-order valence-electron chi connectivity index (χ4n) is 2.68. The normalized spacial score (nSPS) is 11.9. The van der Waals surface area contributed by atoms with Crippen LogP contribution < -0.4 is 5.73 Å². The van der Waals surface area contributed by atoms with Crippen molar-refractivity contribution in [2.24, 2.45) is 5.73 Å². The van der Waals surface area contributed by atoms with E-state index in [1.807, 2.05) is 6.92 Å². The molecule has 0 atom stereocenters. The average Bonchev–Trinajstić information content (AvgIpc) is 3.14. The van der Waals surface area contributed by atoms with Gasteiger partial charge in [0.15, 0.2) is 5.82 Å². The number of nitrogens with two attached hydrogens (primary N) is 1. The third-order valence-electron chi connectivity index (χ3n) is 4.13. The first-order chi connectivity index (χ1) is 11.9. The maximum atomic E-state index is 5.62. The number of benzene rings is 1. The molecule has 5 nitrogen and oxygen atoms in total. The van der Waals surface area contributed by atoms with Crippen molar-refractivity contribution in [3.05, 3.63) is 51.9 Å². The second-order valence-corrected chi connectivity index (χ2v) is 8.37. The smallest absolute Gasteiger partial charge is 0.193 e. The Balaban J connectivity index is 1.76. The van der Waals surface area contributed by atoms with Gasteiger partial charge >= 0.3 is 0 Å². The molecule has 6 heteroatoms. The van der Waals surface area contributed by atoms with Crippen molar-refractivity contribution in [2.75, 3.05) is 6.54 Å². The molecule has 132 valence electrons. The van der Waals surface area contributed by atoms with Crippen LogP contribution in [0.4, 0.5) is 0 Å². The summed E-state index contributed by atoms with van der Waals surface area (Å²) in [4.78, 5) is 10.2. The summed E-state index contributed by atoms with van der Waals surface area (Å²) >= 11 is 1.63. The highest BCUT2D eigenvalue weighted by Crippen LogP contribution is 2.28. The molecule has 2 heterocycles. The summed E-state index contributed by atoms with van der Waals surface area (Å²) in [6, 6.07) is 8.72. The Morgan fingerprint density at radius 3 is 2.48 bits per heavy atom. The van der Waals surface area contributed by atoms with E-state index in [0.717, 1.165) is 40.1 Å². The minimum absolute atomic E-state index is 0.170. The molecule has 25 heavy (non-hydrogen) atoms. The number of nitrogens with zero attached hydrogens (tertiary/aromatic N) is 3. The molecular weight excluding hydrogens is 330 g/mol. The average molecular weight is 356 g/mol. The Bertz CT molecular complexity index is 840. The van der Waals surface area contributed by atoms with E-state index in [4.69, 9.17) is 5.73 Å². The van der Waals surface area contributed by atoms with Crippen molar-refractivity contribution in [3.8, 4) is 10.7 Å². The molecular formula is C19H25N5S. The zero-order valence-electron chi connectivity index (χ0n) is 15.3. The van der Waals surface area contributed by atoms with Crippen LogP contribution in [0.25, 0.3) is 10.7 Å². The first kappa shape index (κ1) is 17.8. The van der Waals surface area contributed by atoms with Crippen LogP contribution in [0, 0.1) is 6.92 Å². The standard InChI is InChI=1S/C19H25N5S/c1-12-17(25-16(21-12)9-10-20)18-22-15(23-24-18)11-13-5-7-14(8-6-13)19(2,3)4/h5-8H,9-11,20H2,1-4H3,(H,22,23,24). The number of aryl methyl sites for hydroxylation is 1. The van der Waals surface area contributed by atoms with E-state index in [0.29, 0.717) is 6.54 Å². The van der Waals surface area contributed by atoms with Gasteiger partial charge in [-0.05, 0) is 30.0 Å². The number of nitrogens with one attached hydrogen (secondary N) is 1. The van der Waals surface area contributed by atoms with Crippen LogP contribution in [0.3, 0.4) is 0 Å². The van der Waals surface area contributed by atoms with Gasteiger partial charge < -0.3 is 5.73 Å². The van der Waals surface area contributed by atoms with E-state index in [1.54, 1.807) is 11.3 Å². The SMILES string of the molecule is Cc1nc(CCN)sc1-c1n[nH]c(Cc2ccc(C(C)(C)C)cc2)n1. The molecule has 3 aromatic rings. The van der Waals surface area contributed by atoms with E-state index < -0.39 is 0 Å². The lowest BCUT2D eigenvalue weighted by atomic mass is 9.86. The molecule has 0 radical (unpaired) electrons. The maximum absolute atomic E-state index is 5.62. The number of hydrogen-bond acceptors (Lipinski definition) is 5. The largest absolute Gasteiger partial charge is 0.330 e. The van der Waals surface area contributed by atoms with Crippen LogP contribution in [0.5, 0.6) is 0 Å². The summed E-state index contributed by atoms with van der Waals surface area (Å²) in [6.45, 7) is 9.27. The number of aromatic amines is 1. The Morgan fingerprint density at radius 1 is 1.12 bits per heavy atom. The van der Waals surface area contributed by atoms with Gasteiger partial charge in [0.05, 0.1) is 15.6 Å². The van der Waals surface area contributed by atoms with Crippen molar-refractivity contribution in [1.29, 1.82) is 0 Å². The van der Waals surface area contributed by atoms with Crippen molar-refractivity contribution in [3.63, 3.8) is 0 Å². The van der Waals surface area contributed by atoms with Gasteiger partial charge in [0.1, 0.15) is 5.82 Å². The lowest BCUT2D eigenvalue weighted by Crippen LogP contribution is -2.10. The molecule has 0 spiro atoms. The summed E-state index contributed by atoms with van der Waals surface area (Å²) in [5.74, 6) is 1.59. The van der Waals surface area contributed by atoms with Crippen LogP contribution in [0.1, 0.15) is 48.4 Å². The number of rotatable bonds is 5. The van der Waals surface area contributed by atoms with E-state index in [-0.39, 0.29) is 5.41 Å². The Kier molecular flexibility index (Phi) is 5.01. The molecule has 0 aliphatic rings. The van der Waals surface area contributed by atoms with Crippen LogP contribution in [-0.2, 0) is 18.3 Å². The molecule has 0 aliphatic carbocycles. The predicted molar refractivity (Wildman–Crippen MR) is 103 cm³/mol. The fraction of sp³-hybridized carbons (Fsp3) is 0.421. The molecule has 0 saturated carbocycles. The summed E-state index contributed by atoms with van der Waals surface area (Å²) in [5.41, 5.74) is 9.31. The van der Waals surface area contributed by atoms with E-state index in [9.17, 15) is 0 Å². The van der Waals surface area contributed by atoms with Crippen molar-refractivity contribution >= 4 is 11.3 Å². The van der Waals surface area contributed by atoms with Gasteiger partial charge in [-0.1, -0.05) is 45.0 Å². The summed E-state index contributed by atoms with van der Waals surface area (Å²) in [5, 5.41) is 8.48. The molecule has 0 amide bonds. The van der Waals surface area contributed by atoms with Crippen molar-refractivity contribution in [1.82, 2.24) is 20.2 Å². The minimum atomic E-state index is 0.170. The van der Waals surface area contributed by atoms with Gasteiger partial charge in [0.25, 0.3) is 0 Å². The van der Waals surface area contributed by atoms with Gasteiger partial charge in [-0.3, -0.25) is 5.10 Å². The first-order valence-electron chi connectivity index (χ1n) is 8.54. The van der Waals surface area contributed by atoms with Crippen LogP contribution in [-0.4, -0.2) is 26.7 Å². The molecule has 0 fully saturated rings. The molecule has 0 bridgehead atoms. The van der Waals surface area contributed by atoms with Crippen molar-refractivity contribution in [2.45, 2.75) is 46.0 Å². The second-order valence-electron chi connectivity index (χ2n) is 7.29. The number of hydrogen-bond donors (Lipinski definition) is 2. The van der Waals surface area contributed by atoms with Gasteiger partial charge in [-0.15, -0.1) is 11.3 Å². The maximum Gasteiger partial charge on any atom is 0.193 e. The molecule has 1 aromatic carbocycles. The third-order valence-corrected chi connectivity index (χ3v) is 5.34. The Labute approximate surface area is 152 Å². The zero-order valence-corrected chi connectivity index (χ0v) is 16.1. The van der Waals surface area contributed by atoms with Crippen molar-refractivity contribution < 1.29 is 0 Å². The van der Waals surface area contributed by atoms with Crippen LogP contribution in [0.15, 0.2) is 24.3 Å². The lowest BCUT2D eigenvalue weighted by Gasteiger charge is -2.19. The highest BCUT2D eigenvalue weighted by molar-refractivity contribution is 7.15. The second kappa shape index (κ2) is 7.06. The van der Waals surface area contributed by atoms with Gasteiger partial charge in [0.2, 0.25) is 0 Å². The molecule has 2 aromatic heterocycles. The summed E-state index contributed by atoms with van der Waals surface area (Å²) in [7, 11) is 0. The Hall–Kier alpha value is -2.05. The monoisotopic (exact) mass is 355 g/mol. The molecule has 0 unspecified atom stereocenters. The van der Waals surface area contributed by atoms with Gasteiger partial charge in [0, 0.05) is 12.8 Å². The summed E-state index contributed by atoms with van der Waals surface area (Å²) in [6.07, 6.45) is 1.54.